The maximum Gasteiger partial charge on any atom is 0.339 e. The van der Waals surface area contributed by atoms with Gasteiger partial charge in [0.2, 0.25) is 18.0 Å². The molecule has 0 N–H and O–H groups in total. The van der Waals surface area contributed by atoms with Crippen molar-refractivity contribution in [2.24, 2.45) is 0 Å². The molecule has 0 radical (unpaired) electrons. The Morgan fingerprint density at radius 3 is 1.78 bits per heavy atom. The summed E-state index contributed by atoms with van der Waals surface area (Å²) in [5, 5.41) is 0. The van der Waals surface area contributed by atoms with E-state index in [1.807, 2.05) is 0 Å². The monoisotopic (exact) mass is 556 g/mol. The zero-order chi connectivity index (χ0) is 29.2. The van der Waals surface area contributed by atoms with Crippen molar-refractivity contribution in [1.82, 2.24) is 0 Å². The second kappa shape index (κ2) is 13.4. The van der Waals surface area contributed by atoms with Crippen LogP contribution in [0.2, 0.25) is 0 Å². The van der Waals surface area contributed by atoms with E-state index in [9.17, 15) is 19.2 Å². The standard InChI is InChI=1S/C32H28O9/c1-3-4-20-32(41-30(36)25-18-12-7-13-19-25)26(21-37-28(34)23-14-8-5-9-15-23)39-31(38-22(2)33)27(32)40-29(35)24-16-10-6-11-17-24/h5-19,26-27,31H,3,21H2,1-2H3/t26-,27+,31?,32-/m1/s1. The number of rotatable bonds is 8. The van der Waals surface area contributed by atoms with Crippen molar-refractivity contribution >= 4 is 23.9 Å². The smallest absolute Gasteiger partial charge is 0.339 e. The van der Waals surface area contributed by atoms with E-state index in [0.717, 1.165) is 6.92 Å². The molecule has 210 valence electrons. The van der Waals surface area contributed by atoms with Crippen molar-refractivity contribution in [1.29, 1.82) is 0 Å². The Bertz CT molecular complexity index is 1430. The van der Waals surface area contributed by atoms with Gasteiger partial charge >= 0.3 is 23.9 Å². The van der Waals surface area contributed by atoms with Crippen molar-refractivity contribution in [2.75, 3.05) is 6.61 Å². The predicted octanol–water partition coefficient (Wildman–Crippen LogP) is 4.37. The lowest BCUT2D eigenvalue weighted by atomic mass is 9.92. The summed E-state index contributed by atoms with van der Waals surface area (Å²) in [7, 11) is 0. The molecule has 0 bridgehead atoms. The zero-order valence-electron chi connectivity index (χ0n) is 22.5. The molecule has 3 aromatic carbocycles. The summed E-state index contributed by atoms with van der Waals surface area (Å²) in [6.07, 6.45) is -4.04. The zero-order valence-corrected chi connectivity index (χ0v) is 22.5. The number of esters is 4. The topological polar surface area (TPSA) is 114 Å². The fourth-order valence-corrected chi connectivity index (χ4v) is 4.16. The highest BCUT2D eigenvalue weighted by Crippen LogP contribution is 2.39. The van der Waals surface area contributed by atoms with Gasteiger partial charge < -0.3 is 23.7 Å². The van der Waals surface area contributed by atoms with Crippen LogP contribution >= 0.6 is 0 Å². The molecule has 0 spiro atoms. The first-order valence-corrected chi connectivity index (χ1v) is 12.9. The largest absolute Gasteiger partial charge is 0.459 e. The van der Waals surface area contributed by atoms with Gasteiger partial charge in [0.25, 0.3) is 0 Å². The van der Waals surface area contributed by atoms with Gasteiger partial charge in [0.15, 0.2) is 6.10 Å². The Morgan fingerprint density at radius 1 is 0.756 bits per heavy atom. The summed E-state index contributed by atoms with van der Waals surface area (Å²) in [5.74, 6) is 2.75. The van der Waals surface area contributed by atoms with E-state index in [0.29, 0.717) is 6.42 Å². The van der Waals surface area contributed by atoms with Crippen LogP contribution in [0.15, 0.2) is 91.0 Å². The van der Waals surface area contributed by atoms with Gasteiger partial charge in [-0.2, -0.15) is 0 Å². The molecule has 0 aromatic heterocycles. The molecule has 0 aliphatic carbocycles. The lowest BCUT2D eigenvalue weighted by Crippen LogP contribution is -2.54. The van der Waals surface area contributed by atoms with E-state index >= 15 is 0 Å². The number of carbonyl (C=O) groups is 4. The number of hydrogen-bond acceptors (Lipinski definition) is 9. The highest BCUT2D eigenvalue weighted by atomic mass is 16.8. The highest BCUT2D eigenvalue weighted by Gasteiger charge is 2.63. The second-order valence-electron chi connectivity index (χ2n) is 8.96. The van der Waals surface area contributed by atoms with Crippen LogP contribution in [0.1, 0.15) is 51.3 Å². The van der Waals surface area contributed by atoms with Crippen molar-refractivity contribution in [2.45, 2.75) is 44.4 Å². The number of carbonyl (C=O) groups excluding carboxylic acids is 4. The average molecular weight is 557 g/mol. The van der Waals surface area contributed by atoms with Crippen molar-refractivity contribution in [3.63, 3.8) is 0 Å². The summed E-state index contributed by atoms with van der Waals surface area (Å²) < 4.78 is 28.7. The highest BCUT2D eigenvalue weighted by molar-refractivity contribution is 5.91. The number of ether oxygens (including phenoxy) is 5. The average Bonchev–Trinajstić information content (AvgIpc) is 3.26. The molecule has 0 amide bonds. The first-order valence-electron chi connectivity index (χ1n) is 12.9. The quantitative estimate of drug-likeness (QED) is 0.227. The molecule has 4 rings (SSSR count). The first-order chi connectivity index (χ1) is 19.8. The molecule has 1 aliphatic heterocycles. The Labute approximate surface area is 237 Å². The van der Waals surface area contributed by atoms with E-state index in [1.54, 1.807) is 73.7 Å². The molecule has 9 nitrogen and oxygen atoms in total. The third kappa shape index (κ3) is 6.99. The minimum atomic E-state index is -2.02. The Morgan fingerprint density at radius 2 is 1.27 bits per heavy atom. The fourth-order valence-electron chi connectivity index (χ4n) is 4.16. The van der Waals surface area contributed by atoms with E-state index < -0.39 is 54.6 Å². The van der Waals surface area contributed by atoms with Crippen LogP contribution in [0.4, 0.5) is 0 Å². The Hall–Kier alpha value is -4.94. The van der Waals surface area contributed by atoms with Gasteiger partial charge in [-0.15, -0.1) is 0 Å². The van der Waals surface area contributed by atoms with Crippen LogP contribution in [0.25, 0.3) is 0 Å². The minimum absolute atomic E-state index is 0.189. The van der Waals surface area contributed by atoms with Gasteiger partial charge in [0.1, 0.15) is 6.61 Å². The summed E-state index contributed by atoms with van der Waals surface area (Å²) in [6.45, 7) is 2.46. The molecule has 3 aromatic rings. The summed E-state index contributed by atoms with van der Waals surface area (Å²) in [4.78, 5) is 51.5. The van der Waals surface area contributed by atoms with Crippen LogP contribution in [-0.2, 0) is 28.5 Å². The van der Waals surface area contributed by atoms with Gasteiger partial charge in [0.05, 0.1) is 16.7 Å². The van der Waals surface area contributed by atoms with E-state index in [2.05, 4.69) is 11.8 Å². The Balaban J connectivity index is 1.76. The SMILES string of the molecule is CCC#C[C@@]1(OC(=O)c2ccccc2)[C@@H](COC(=O)c2ccccc2)OC(OC(C)=O)[C@@H]1OC(=O)c1ccccc1. The molecule has 0 saturated carbocycles. The van der Waals surface area contributed by atoms with E-state index in [-0.39, 0.29) is 16.7 Å². The minimum Gasteiger partial charge on any atom is -0.459 e. The molecule has 1 fully saturated rings. The molecular formula is C32H28O9. The number of benzene rings is 3. The predicted molar refractivity (Wildman–Crippen MR) is 145 cm³/mol. The molecule has 1 saturated heterocycles. The Kier molecular flexibility index (Phi) is 9.51. The van der Waals surface area contributed by atoms with Crippen molar-refractivity contribution in [3.05, 3.63) is 108 Å². The third-order valence-electron chi connectivity index (χ3n) is 6.08. The third-order valence-corrected chi connectivity index (χ3v) is 6.08. The van der Waals surface area contributed by atoms with Crippen LogP contribution in [0.5, 0.6) is 0 Å². The molecule has 4 atom stereocenters. The van der Waals surface area contributed by atoms with E-state index in [4.69, 9.17) is 23.7 Å². The molecule has 41 heavy (non-hydrogen) atoms. The lowest BCUT2D eigenvalue weighted by molar-refractivity contribution is -0.188. The lowest BCUT2D eigenvalue weighted by Gasteiger charge is -2.32. The second-order valence-corrected chi connectivity index (χ2v) is 8.96. The molecule has 9 heteroatoms. The molecule has 1 aliphatic rings. The van der Waals surface area contributed by atoms with Crippen molar-refractivity contribution in [3.8, 4) is 11.8 Å². The van der Waals surface area contributed by atoms with Gasteiger partial charge in [0, 0.05) is 13.3 Å². The summed E-state index contributed by atoms with van der Waals surface area (Å²) in [5.41, 5.74) is -1.36. The van der Waals surface area contributed by atoms with Crippen LogP contribution in [0, 0.1) is 11.8 Å². The first kappa shape index (κ1) is 29.1. The number of hydrogen-bond donors (Lipinski definition) is 0. The van der Waals surface area contributed by atoms with Crippen molar-refractivity contribution < 1.29 is 42.9 Å². The summed E-state index contributed by atoms with van der Waals surface area (Å²) in [6, 6.07) is 24.5. The summed E-state index contributed by atoms with van der Waals surface area (Å²) >= 11 is 0. The molecule has 1 unspecified atom stereocenters. The van der Waals surface area contributed by atoms with Gasteiger partial charge in [-0.1, -0.05) is 67.4 Å². The van der Waals surface area contributed by atoms with E-state index in [1.165, 1.54) is 24.3 Å². The van der Waals surface area contributed by atoms with Crippen LogP contribution in [-0.4, -0.2) is 54.6 Å². The van der Waals surface area contributed by atoms with Gasteiger partial charge in [-0.3, -0.25) is 4.79 Å². The molecule has 1 heterocycles. The maximum absolute atomic E-state index is 13.4. The molecular weight excluding hydrogens is 528 g/mol. The van der Waals surface area contributed by atoms with Crippen LogP contribution in [0.3, 0.4) is 0 Å². The van der Waals surface area contributed by atoms with Gasteiger partial charge in [-0.25, -0.2) is 14.4 Å². The normalized spacial score (nSPS) is 21.1. The maximum atomic E-state index is 13.4. The van der Waals surface area contributed by atoms with Crippen LogP contribution < -0.4 is 0 Å². The fraction of sp³-hybridized carbons (Fsp3) is 0.250. The van der Waals surface area contributed by atoms with Gasteiger partial charge in [-0.05, 0) is 42.3 Å².